The number of pyridine rings is 1. The highest BCUT2D eigenvalue weighted by molar-refractivity contribution is 7.14. The fraction of sp³-hybridized carbons (Fsp3) is 0.417. The van der Waals surface area contributed by atoms with Gasteiger partial charge in [-0.1, -0.05) is 18.3 Å². The molecule has 0 amide bonds. The van der Waals surface area contributed by atoms with E-state index in [4.69, 9.17) is 0 Å². The van der Waals surface area contributed by atoms with Gasteiger partial charge in [0, 0.05) is 30.9 Å². The van der Waals surface area contributed by atoms with Gasteiger partial charge in [-0.2, -0.15) is 0 Å². The van der Waals surface area contributed by atoms with Gasteiger partial charge in [-0.05, 0) is 25.1 Å². The smallest absolute Gasteiger partial charge is 0.149 e. The molecular formula is C12H16N4S. The predicted octanol–water partition coefficient (Wildman–Crippen LogP) is 2.14. The number of hydrogen-bond acceptors (Lipinski definition) is 5. The van der Waals surface area contributed by atoms with Crippen molar-refractivity contribution in [2.75, 3.05) is 13.1 Å². The van der Waals surface area contributed by atoms with Crippen LogP contribution in [-0.2, 0) is 6.42 Å². The van der Waals surface area contributed by atoms with E-state index in [0.29, 0.717) is 0 Å². The number of rotatable bonds is 6. The van der Waals surface area contributed by atoms with Crippen LogP contribution in [0.3, 0.4) is 0 Å². The van der Waals surface area contributed by atoms with Gasteiger partial charge in [0.1, 0.15) is 10.0 Å². The molecule has 0 spiro atoms. The maximum Gasteiger partial charge on any atom is 0.149 e. The standard InChI is InChI=1S/C12H16N4S/c1-2-6-13-8-5-11-15-16-12(17-11)10-4-3-7-14-9-10/h3-4,7,9,13H,2,5-6,8H2,1H3. The Morgan fingerprint density at radius 1 is 1.29 bits per heavy atom. The van der Waals surface area contributed by atoms with Crippen LogP contribution in [0.1, 0.15) is 18.4 Å². The molecule has 0 unspecified atom stereocenters. The third-order valence-corrected chi connectivity index (χ3v) is 3.35. The van der Waals surface area contributed by atoms with Crippen molar-refractivity contribution in [3.63, 3.8) is 0 Å². The number of nitrogens with zero attached hydrogens (tertiary/aromatic N) is 3. The lowest BCUT2D eigenvalue weighted by Gasteiger charge is -1.98. The van der Waals surface area contributed by atoms with Gasteiger partial charge in [-0.25, -0.2) is 0 Å². The van der Waals surface area contributed by atoms with Crippen molar-refractivity contribution < 1.29 is 0 Å². The zero-order chi connectivity index (χ0) is 11.9. The van der Waals surface area contributed by atoms with Gasteiger partial charge in [0.25, 0.3) is 0 Å². The Morgan fingerprint density at radius 3 is 3.00 bits per heavy atom. The zero-order valence-corrected chi connectivity index (χ0v) is 10.7. The lowest BCUT2D eigenvalue weighted by molar-refractivity contribution is 0.668. The molecule has 5 heteroatoms. The molecule has 0 bridgehead atoms. The molecule has 0 atom stereocenters. The summed E-state index contributed by atoms with van der Waals surface area (Å²) in [6.07, 6.45) is 5.69. The molecular weight excluding hydrogens is 232 g/mol. The van der Waals surface area contributed by atoms with Gasteiger partial charge in [-0.15, -0.1) is 10.2 Å². The normalized spacial score (nSPS) is 10.6. The molecule has 0 aromatic carbocycles. The largest absolute Gasteiger partial charge is 0.316 e. The molecule has 2 heterocycles. The van der Waals surface area contributed by atoms with Crippen molar-refractivity contribution in [3.05, 3.63) is 29.5 Å². The van der Waals surface area contributed by atoms with Gasteiger partial charge >= 0.3 is 0 Å². The summed E-state index contributed by atoms with van der Waals surface area (Å²) in [4.78, 5) is 4.08. The summed E-state index contributed by atoms with van der Waals surface area (Å²) in [7, 11) is 0. The van der Waals surface area contributed by atoms with E-state index in [-0.39, 0.29) is 0 Å². The molecule has 0 saturated heterocycles. The summed E-state index contributed by atoms with van der Waals surface area (Å²) < 4.78 is 0. The number of hydrogen-bond donors (Lipinski definition) is 1. The Bertz CT molecular complexity index is 441. The Labute approximate surface area is 105 Å². The SMILES string of the molecule is CCCNCCc1nnc(-c2cccnc2)s1. The van der Waals surface area contributed by atoms with Crippen LogP contribution in [0.15, 0.2) is 24.5 Å². The zero-order valence-electron chi connectivity index (χ0n) is 9.89. The molecule has 90 valence electrons. The van der Waals surface area contributed by atoms with E-state index in [2.05, 4.69) is 27.4 Å². The van der Waals surface area contributed by atoms with Crippen molar-refractivity contribution in [3.8, 4) is 10.6 Å². The Balaban J connectivity index is 1.92. The van der Waals surface area contributed by atoms with Crippen LogP contribution >= 0.6 is 11.3 Å². The van der Waals surface area contributed by atoms with Crippen LogP contribution in [-0.4, -0.2) is 28.3 Å². The Kier molecular flexibility index (Phi) is 4.58. The van der Waals surface area contributed by atoms with Crippen LogP contribution in [0, 0.1) is 0 Å². The van der Waals surface area contributed by atoms with Gasteiger partial charge < -0.3 is 5.32 Å². The van der Waals surface area contributed by atoms with Gasteiger partial charge in [0.15, 0.2) is 0 Å². The third-order valence-electron chi connectivity index (χ3n) is 2.32. The van der Waals surface area contributed by atoms with Crippen LogP contribution in [0.4, 0.5) is 0 Å². The molecule has 2 rings (SSSR count). The first-order valence-electron chi connectivity index (χ1n) is 5.83. The summed E-state index contributed by atoms with van der Waals surface area (Å²) >= 11 is 1.64. The van der Waals surface area contributed by atoms with E-state index in [1.807, 2.05) is 18.3 Å². The van der Waals surface area contributed by atoms with Crippen molar-refractivity contribution in [2.45, 2.75) is 19.8 Å². The fourth-order valence-electron chi connectivity index (χ4n) is 1.46. The molecule has 0 aliphatic carbocycles. The second-order valence-electron chi connectivity index (χ2n) is 3.74. The van der Waals surface area contributed by atoms with Crippen LogP contribution in [0.5, 0.6) is 0 Å². The van der Waals surface area contributed by atoms with E-state index in [9.17, 15) is 0 Å². The lowest BCUT2D eigenvalue weighted by Crippen LogP contribution is -2.17. The first-order chi connectivity index (χ1) is 8.40. The molecule has 0 aliphatic heterocycles. The van der Waals surface area contributed by atoms with E-state index < -0.39 is 0 Å². The van der Waals surface area contributed by atoms with Crippen molar-refractivity contribution >= 4 is 11.3 Å². The highest BCUT2D eigenvalue weighted by Crippen LogP contribution is 2.22. The van der Waals surface area contributed by atoms with Crippen molar-refractivity contribution in [2.24, 2.45) is 0 Å². The quantitative estimate of drug-likeness (QED) is 0.796. The maximum atomic E-state index is 4.19. The number of nitrogens with one attached hydrogen (secondary N) is 1. The van der Waals surface area contributed by atoms with Gasteiger partial charge in [-0.3, -0.25) is 4.98 Å². The van der Waals surface area contributed by atoms with Crippen molar-refractivity contribution in [1.29, 1.82) is 0 Å². The first-order valence-corrected chi connectivity index (χ1v) is 6.65. The van der Waals surface area contributed by atoms with E-state index in [0.717, 1.165) is 41.5 Å². The van der Waals surface area contributed by atoms with Gasteiger partial charge in [0.05, 0.1) is 0 Å². The highest BCUT2D eigenvalue weighted by atomic mass is 32.1. The summed E-state index contributed by atoms with van der Waals surface area (Å²) in [5, 5.41) is 13.8. The molecule has 4 nitrogen and oxygen atoms in total. The third kappa shape index (κ3) is 3.57. The molecule has 1 N–H and O–H groups in total. The van der Waals surface area contributed by atoms with E-state index in [1.165, 1.54) is 0 Å². The minimum Gasteiger partial charge on any atom is -0.316 e. The molecule has 0 saturated carbocycles. The average Bonchev–Trinajstić information content (AvgIpc) is 2.85. The maximum absolute atomic E-state index is 4.19. The van der Waals surface area contributed by atoms with E-state index >= 15 is 0 Å². The Morgan fingerprint density at radius 2 is 2.24 bits per heavy atom. The second kappa shape index (κ2) is 6.42. The monoisotopic (exact) mass is 248 g/mol. The number of aromatic nitrogens is 3. The fourth-order valence-corrected chi connectivity index (χ4v) is 2.29. The van der Waals surface area contributed by atoms with Crippen LogP contribution < -0.4 is 5.32 Å². The van der Waals surface area contributed by atoms with Crippen LogP contribution in [0.25, 0.3) is 10.6 Å². The average molecular weight is 248 g/mol. The predicted molar refractivity (Wildman–Crippen MR) is 70.0 cm³/mol. The minimum absolute atomic E-state index is 0.942. The summed E-state index contributed by atoms with van der Waals surface area (Å²) in [6, 6.07) is 3.92. The van der Waals surface area contributed by atoms with Gasteiger partial charge in [0.2, 0.25) is 0 Å². The summed E-state index contributed by atoms with van der Waals surface area (Å²) in [5.41, 5.74) is 1.04. The molecule has 17 heavy (non-hydrogen) atoms. The Hall–Kier alpha value is -1.33. The lowest BCUT2D eigenvalue weighted by atomic mass is 10.3. The first kappa shape index (κ1) is 12.1. The second-order valence-corrected chi connectivity index (χ2v) is 4.80. The molecule has 0 fully saturated rings. The van der Waals surface area contributed by atoms with Crippen molar-refractivity contribution in [1.82, 2.24) is 20.5 Å². The van der Waals surface area contributed by atoms with E-state index in [1.54, 1.807) is 17.5 Å². The summed E-state index contributed by atoms with van der Waals surface area (Å²) in [5.74, 6) is 0. The minimum atomic E-state index is 0.942. The molecule has 0 radical (unpaired) electrons. The molecule has 0 aliphatic rings. The molecule has 2 aromatic rings. The topological polar surface area (TPSA) is 50.7 Å². The highest BCUT2D eigenvalue weighted by Gasteiger charge is 2.05. The summed E-state index contributed by atoms with van der Waals surface area (Å²) in [6.45, 7) is 4.20. The molecule has 2 aromatic heterocycles. The van der Waals surface area contributed by atoms with Crippen LogP contribution in [0.2, 0.25) is 0 Å².